The van der Waals surface area contributed by atoms with Gasteiger partial charge in [-0.2, -0.15) is 5.26 Å². The van der Waals surface area contributed by atoms with Crippen molar-refractivity contribution in [2.75, 3.05) is 0 Å². The number of aliphatic hydroxyl groups is 1. The van der Waals surface area contributed by atoms with Crippen LogP contribution in [0.2, 0.25) is 5.02 Å². The molecule has 0 unspecified atom stereocenters. The van der Waals surface area contributed by atoms with Crippen molar-refractivity contribution in [3.63, 3.8) is 0 Å². The van der Waals surface area contributed by atoms with Crippen LogP contribution in [-0.2, 0) is 10.0 Å². The Hall–Kier alpha value is -1.98. The van der Waals surface area contributed by atoms with Gasteiger partial charge in [0, 0.05) is 22.2 Å². The molecule has 2 N–H and O–H groups in total. The first-order chi connectivity index (χ1) is 13.1. The van der Waals surface area contributed by atoms with E-state index in [1.54, 1.807) is 13.0 Å². The Labute approximate surface area is 168 Å². The smallest absolute Gasteiger partial charge is 0.240 e. The Morgan fingerprint density at radius 3 is 2.46 bits per heavy atom. The van der Waals surface area contributed by atoms with E-state index in [2.05, 4.69) is 4.72 Å². The van der Waals surface area contributed by atoms with Gasteiger partial charge in [0.1, 0.15) is 5.82 Å². The van der Waals surface area contributed by atoms with Crippen LogP contribution in [0.15, 0.2) is 41.3 Å². The predicted molar refractivity (Wildman–Crippen MR) is 105 cm³/mol. The number of hydrogen-bond acceptors (Lipinski definition) is 4. The summed E-state index contributed by atoms with van der Waals surface area (Å²) in [5.41, 5.74) is -0.0988. The van der Waals surface area contributed by atoms with Crippen LogP contribution in [0.4, 0.5) is 4.39 Å². The third-order valence-corrected chi connectivity index (χ3v) is 6.78. The van der Waals surface area contributed by atoms with Crippen molar-refractivity contribution in [1.29, 1.82) is 5.26 Å². The van der Waals surface area contributed by atoms with Crippen LogP contribution in [0, 0.1) is 17.1 Å². The number of sulfonamides is 1. The first-order valence-corrected chi connectivity index (χ1v) is 10.7. The number of rotatable bonds is 4. The molecule has 2 aromatic rings. The summed E-state index contributed by atoms with van der Waals surface area (Å²) < 4.78 is 42.5. The van der Waals surface area contributed by atoms with Gasteiger partial charge in [0.15, 0.2) is 0 Å². The molecule has 0 atom stereocenters. The molecule has 0 saturated heterocycles. The monoisotopic (exact) mass is 422 g/mol. The molecule has 0 bridgehead atoms. The van der Waals surface area contributed by atoms with Crippen LogP contribution in [0.5, 0.6) is 0 Å². The maximum Gasteiger partial charge on any atom is 0.240 e. The molecule has 0 radical (unpaired) electrons. The van der Waals surface area contributed by atoms with Crippen LogP contribution in [0.25, 0.3) is 11.1 Å². The highest BCUT2D eigenvalue weighted by Gasteiger charge is 2.31. The molecular weight excluding hydrogens is 403 g/mol. The van der Waals surface area contributed by atoms with Gasteiger partial charge in [-0.05, 0) is 56.9 Å². The molecule has 0 aliphatic heterocycles. The largest absolute Gasteiger partial charge is 0.390 e. The van der Waals surface area contributed by atoms with Gasteiger partial charge in [-0.15, -0.1) is 0 Å². The molecular formula is C20H20ClFN2O3S. The molecule has 8 heteroatoms. The Balaban J connectivity index is 1.85. The minimum Gasteiger partial charge on any atom is -0.390 e. The number of hydrogen-bond donors (Lipinski definition) is 2. The highest BCUT2D eigenvalue weighted by atomic mass is 35.5. The first kappa shape index (κ1) is 20.7. The number of benzene rings is 2. The summed E-state index contributed by atoms with van der Waals surface area (Å²) in [5.74, 6) is -0.742. The molecule has 0 amide bonds. The summed E-state index contributed by atoms with van der Waals surface area (Å²) in [5, 5.41) is 19.6. The highest BCUT2D eigenvalue weighted by Crippen LogP contribution is 2.31. The van der Waals surface area contributed by atoms with Gasteiger partial charge >= 0.3 is 0 Å². The summed E-state index contributed by atoms with van der Waals surface area (Å²) in [7, 11) is -3.90. The zero-order chi connectivity index (χ0) is 20.5. The van der Waals surface area contributed by atoms with Crippen molar-refractivity contribution >= 4 is 21.6 Å². The molecule has 1 saturated carbocycles. The van der Waals surface area contributed by atoms with Crippen LogP contribution < -0.4 is 4.72 Å². The summed E-state index contributed by atoms with van der Waals surface area (Å²) >= 11 is 5.87. The lowest BCUT2D eigenvalue weighted by molar-refractivity contribution is 0.0163. The number of halogens is 2. The van der Waals surface area contributed by atoms with E-state index in [1.807, 2.05) is 6.07 Å². The third kappa shape index (κ3) is 4.53. The van der Waals surface area contributed by atoms with Gasteiger partial charge in [0.05, 0.1) is 22.1 Å². The van der Waals surface area contributed by atoms with Gasteiger partial charge in [0.25, 0.3) is 0 Å². The van der Waals surface area contributed by atoms with Crippen LogP contribution in [0.3, 0.4) is 0 Å². The average Bonchev–Trinajstić information content (AvgIpc) is 2.63. The van der Waals surface area contributed by atoms with Gasteiger partial charge in [-0.1, -0.05) is 23.7 Å². The Kier molecular flexibility index (Phi) is 5.78. The Morgan fingerprint density at radius 1 is 1.21 bits per heavy atom. The second-order valence-electron chi connectivity index (χ2n) is 7.34. The van der Waals surface area contributed by atoms with E-state index in [-0.39, 0.29) is 22.1 Å². The SMILES string of the molecule is C[C@]1(O)CC[C@@H](NS(=O)(=O)c2ccc(-c3ccc(Cl)cc3C#N)c(F)c2)CC1. The van der Waals surface area contributed by atoms with E-state index in [0.717, 1.165) is 6.07 Å². The average molecular weight is 423 g/mol. The topological polar surface area (TPSA) is 90.2 Å². The molecule has 3 rings (SSSR count). The Morgan fingerprint density at radius 2 is 1.86 bits per heavy atom. The number of nitrogens with zero attached hydrogens (tertiary/aromatic N) is 1. The zero-order valence-corrected chi connectivity index (χ0v) is 16.8. The van der Waals surface area contributed by atoms with Crippen LogP contribution in [-0.4, -0.2) is 25.2 Å². The molecule has 2 aromatic carbocycles. The third-order valence-electron chi connectivity index (χ3n) is 5.03. The first-order valence-electron chi connectivity index (χ1n) is 8.86. The molecule has 28 heavy (non-hydrogen) atoms. The quantitative estimate of drug-likeness (QED) is 0.779. The van der Waals surface area contributed by atoms with Gasteiger partial charge in [0.2, 0.25) is 10.0 Å². The summed E-state index contributed by atoms with van der Waals surface area (Å²) in [4.78, 5) is -0.182. The van der Waals surface area contributed by atoms with E-state index in [4.69, 9.17) is 11.6 Å². The predicted octanol–water partition coefficient (Wildman–Crippen LogP) is 3.99. The van der Waals surface area contributed by atoms with Crippen LogP contribution in [0.1, 0.15) is 38.2 Å². The summed E-state index contributed by atoms with van der Waals surface area (Å²) in [6.07, 6.45) is 2.04. The molecule has 0 aromatic heterocycles. The zero-order valence-electron chi connectivity index (χ0n) is 15.2. The lowest BCUT2D eigenvalue weighted by atomic mass is 9.84. The molecule has 1 aliphatic rings. The van der Waals surface area contributed by atoms with Crippen molar-refractivity contribution in [2.45, 2.75) is 49.1 Å². The fraction of sp³-hybridized carbons (Fsp3) is 0.350. The second-order valence-corrected chi connectivity index (χ2v) is 9.49. The van der Waals surface area contributed by atoms with E-state index < -0.39 is 21.4 Å². The molecule has 0 heterocycles. The van der Waals surface area contributed by atoms with E-state index in [1.165, 1.54) is 24.3 Å². The fourth-order valence-electron chi connectivity index (χ4n) is 3.37. The summed E-state index contributed by atoms with van der Waals surface area (Å²) in [6.45, 7) is 1.73. The van der Waals surface area contributed by atoms with Crippen molar-refractivity contribution in [3.05, 3.63) is 52.8 Å². The summed E-state index contributed by atoms with van der Waals surface area (Å²) in [6, 6.07) is 9.78. The Bertz CT molecular complexity index is 1040. The normalized spacial score (nSPS) is 22.6. The van der Waals surface area contributed by atoms with Crippen molar-refractivity contribution in [3.8, 4) is 17.2 Å². The van der Waals surface area contributed by atoms with Gasteiger partial charge in [-0.25, -0.2) is 17.5 Å². The standard InChI is InChI=1S/C20H20ClFN2O3S/c1-20(25)8-6-15(7-9-20)24-28(26,27)16-3-5-18(19(22)11-16)17-4-2-14(21)10-13(17)12-23/h2-5,10-11,15,24-25H,6-9H2,1H3/t15-,20+. The molecule has 0 spiro atoms. The maximum absolute atomic E-state index is 14.7. The molecule has 1 fully saturated rings. The van der Waals surface area contributed by atoms with Crippen LogP contribution >= 0.6 is 11.6 Å². The van der Waals surface area contributed by atoms with Gasteiger partial charge in [-0.3, -0.25) is 0 Å². The van der Waals surface area contributed by atoms with E-state index >= 15 is 0 Å². The minimum atomic E-state index is -3.90. The van der Waals surface area contributed by atoms with E-state index in [0.29, 0.717) is 36.3 Å². The van der Waals surface area contributed by atoms with Crippen molar-refractivity contribution in [1.82, 2.24) is 4.72 Å². The van der Waals surface area contributed by atoms with E-state index in [9.17, 15) is 23.2 Å². The van der Waals surface area contributed by atoms with Gasteiger partial charge < -0.3 is 5.11 Å². The molecule has 148 valence electrons. The molecule has 1 aliphatic carbocycles. The lowest BCUT2D eigenvalue weighted by Gasteiger charge is -2.33. The second kappa shape index (κ2) is 7.80. The van der Waals surface area contributed by atoms with Crippen molar-refractivity contribution < 1.29 is 17.9 Å². The highest BCUT2D eigenvalue weighted by molar-refractivity contribution is 7.89. The maximum atomic E-state index is 14.7. The lowest BCUT2D eigenvalue weighted by Crippen LogP contribution is -2.42. The minimum absolute atomic E-state index is 0.126. The number of nitrogens with one attached hydrogen (secondary N) is 1. The molecule has 5 nitrogen and oxygen atoms in total. The van der Waals surface area contributed by atoms with Crippen molar-refractivity contribution in [2.24, 2.45) is 0 Å². The number of nitriles is 1. The fourth-order valence-corrected chi connectivity index (χ4v) is 4.86.